The zero-order valence-corrected chi connectivity index (χ0v) is 13.3. The van der Waals surface area contributed by atoms with Crippen LogP contribution in [0.1, 0.15) is 48.0 Å². The van der Waals surface area contributed by atoms with Crippen LogP contribution in [0.3, 0.4) is 0 Å². The van der Waals surface area contributed by atoms with Crippen molar-refractivity contribution < 1.29 is 14.7 Å². The quantitative estimate of drug-likeness (QED) is 0.933. The van der Waals surface area contributed by atoms with Crippen molar-refractivity contribution in [3.63, 3.8) is 0 Å². The Morgan fingerprint density at radius 3 is 2.35 bits per heavy atom. The van der Waals surface area contributed by atoms with Crippen molar-refractivity contribution >= 4 is 11.9 Å². The third-order valence-electron chi connectivity index (χ3n) is 6.02. The fraction of sp³-hybridized carbons (Fsp3) is 0.579. The molecule has 122 valence electrons. The normalized spacial score (nSPS) is 31.9. The predicted molar refractivity (Wildman–Crippen MR) is 86.2 cm³/mol. The number of amides is 1. The van der Waals surface area contributed by atoms with Crippen LogP contribution in [-0.2, 0) is 11.2 Å². The Bertz CT molecular complexity index is 627. The molecule has 0 radical (unpaired) electrons. The molecule has 4 nitrogen and oxygen atoms in total. The molecule has 0 aromatic heterocycles. The summed E-state index contributed by atoms with van der Waals surface area (Å²) in [4.78, 5) is 26.3. The van der Waals surface area contributed by atoms with Gasteiger partial charge < -0.3 is 10.0 Å². The number of fused-ring (bicyclic) bond motifs is 1. The van der Waals surface area contributed by atoms with Crippen molar-refractivity contribution in [1.82, 2.24) is 4.90 Å². The van der Waals surface area contributed by atoms with E-state index in [4.69, 9.17) is 0 Å². The topological polar surface area (TPSA) is 57.6 Å². The minimum absolute atomic E-state index is 0.108. The highest BCUT2D eigenvalue weighted by atomic mass is 16.4. The fourth-order valence-corrected chi connectivity index (χ4v) is 5.24. The maximum absolute atomic E-state index is 12.9. The summed E-state index contributed by atoms with van der Waals surface area (Å²) in [6.45, 7) is 0.881. The lowest BCUT2D eigenvalue weighted by Crippen LogP contribution is -2.43. The molecule has 4 heteroatoms. The first-order valence-corrected chi connectivity index (χ1v) is 8.71. The molecule has 2 saturated carbocycles. The number of rotatable bonds is 3. The summed E-state index contributed by atoms with van der Waals surface area (Å²) >= 11 is 0. The van der Waals surface area contributed by atoms with Crippen molar-refractivity contribution in [3.05, 3.63) is 35.4 Å². The van der Waals surface area contributed by atoms with Crippen LogP contribution in [0.15, 0.2) is 24.3 Å². The van der Waals surface area contributed by atoms with Crippen molar-refractivity contribution in [2.24, 2.45) is 17.8 Å². The van der Waals surface area contributed by atoms with Gasteiger partial charge in [-0.2, -0.15) is 0 Å². The zero-order valence-electron chi connectivity index (χ0n) is 13.3. The molecule has 2 unspecified atom stereocenters. The first-order valence-electron chi connectivity index (χ1n) is 8.71. The maximum Gasteiger partial charge on any atom is 0.335 e. The molecule has 4 bridgehead atoms. The molecule has 0 spiro atoms. The van der Waals surface area contributed by atoms with Gasteiger partial charge in [-0.15, -0.1) is 0 Å². The third-order valence-corrected chi connectivity index (χ3v) is 6.02. The number of carbonyl (C=O) groups is 2. The second-order valence-corrected chi connectivity index (χ2v) is 7.62. The van der Waals surface area contributed by atoms with Crippen molar-refractivity contribution in [3.8, 4) is 0 Å². The third kappa shape index (κ3) is 2.75. The summed E-state index contributed by atoms with van der Waals surface area (Å²) in [5, 5.41) is 9.30. The van der Waals surface area contributed by atoms with Crippen LogP contribution in [0.25, 0.3) is 0 Å². The first kappa shape index (κ1) is 14.7. The average molecular weight is 313 g/mol. The molecule has 23 heavy (non-hydrogen) atoms. The summed E-state index contributed by atoms with van der Waals surface area (Å²) in [5.41, 5.74) is 0.885. The number of hydrogen-bond acceptors (Lipinski definition) is 2. The SMILES string of the molecule is O=C(O)c1ccccc1CC(=O)N1CC2CC3CC(C2)CC1C3. The summed E-state index contributed by atoms with van der Waals surface area (Å²) < 4.78 is 0. The Hall–Kier alpha value is -1.84. The molecule has 1 aromatic carbocycles. The molecule has 4 aliphatic rings. The van der Waals surface area contributed by atoms with Crippen LogP contribution in [0.4, 0.5) is 0 Å². The second-order valence-electron chi connectivity index (χ2n) is 7.62. The van der Waals surface area contributed by atoms with Gasteiger partial charge in [0.15, 0.2) is 0 Å². The monoisotopic (exact) mass is 313 g/mol. The number of carbonyl (C=O) groups excluding carboxylic acids is 1. The zero-order chi connectivity index (χ0) is 16.0. The highest BCUT2D eigenvalue weighted by molar-refractivity contribution is 5.91. The molecule has 1 aromatic rings. The molecule has 2 aliphatic carbocycles. The van der Waals surface area contributed by atoms with Gasteiger partial charge in [0.1, 0.15) is 0 Å². The molecule has 2 heterocycles. The summed E-state index contributed by atoms with van der Waals surface area (Å²) in [7, 11) is 0. The van der Waals surface area contributed by atoms with Gasteiger partial charge in [-0.3, -0.25) is 4.79 Å². The van der Waals surface area contributed by atoms with Gasteiger partial charge in [0.05, 0.1) is 12.0 Å². The Kier molecular flexibility index (Phi) is 3.63. The van der Waals surface area contributed by atoms with Crippen molar-refractivity contribution in [2.75, 3.05) is 6.54 Å². The van der Waals surface area contributed by atoms with Gasteiger partial charge >= 0.3 is 5.97 Å². The Labute approximate surface area is 136 Å². The van der Waals surface area contributed by atoms with E-state index in [0.717, 1.165) is 31.2 Å². The maximum atomic E-state index is 12.9. The number of hydrogen-bond donors (Lipinski definition) is 1. The van der Waals surface area contributed by atoms with E-state index in [0.29, 0.717) is 17.5 Å². The molecule has 2 aliphatic heterocycles. The van der Waals surface area contributed by atoms with E-state index in [9.17, 15) is 14.7 Å². The van der Waals surface area contributed by atoms with E-state index in [1.807, 2.05) is 6.07 Å². The highest BCUT2D eigenvalue weighted by Crippen LogP contribution is 2.47. The van der Waals surface area contributed by atoms with Crippen molar-refractivity contribution in [1.29, 1.82) is 0 Å². The summed E-state index contributed by atoms with van der Waals surface area (Å²) in [6.07, 6.45) is 6.43. The van der Waals surface area contributed by atoms with E-state index in [-0.39, 0.29) is 17.9 Å². The van der Waals surface area contributed by atoms with E-state index < -0.39 is 5.97 Å². The molecule has 1 N–H and O–H groups in total. The van der Waals surface area contributed by atoms with Crippen LogP contribution in [0.2, 0.25) is 0 Å². The molecule has 5 rings (SSSR count). The van der Waals surface area contributed by atoms with E-state index >= 15 is 0 Å². The lowest BCUT2D eigenvalue weighted by molar-refractivity contribution is -0.133. The molecular formula is C19H23NO3. The van der Waals surface area contributed by atoms with Gasteiger partial charge in [0.2, 0.25) is 5.91 Å². The summed E-state index contributed by atoms with van der Waals surface area (Å²) in [5.74, 6) is 1.43. The van der Waals surface area contributed by atoms with Crippen molar-refractivity contribution in [2.45, 2.75) is 44.6 Å². The van der Waals surface area contributed by atoms with Gasteiger partial charge in [0, 0.05) is 12.6 Å². The highest BCUT2D eigenvalue weighted by Gasteiger charge is 2.43. The minimum atomic E-state index is -0.954. The van der Waals surface area contributed by atoms with Crippen LogP contribution >= 0.6 is 0 Å². The predicted octanol–water partition coefficient (Wildman–Crippen LogP) is 2.96. The Morgan fingerprint density at radius 2 is 1.65 bits per heavy atom. The Balaban J connectivity index is 1.55. The Morgan fingerprint density at radius 1 is 1.00 bits per heavy atom. The molecule has 4 fully saturated rings. The average Bonchev–Trinajstić information content (AvgIpc) is 2.71. The number of carboxylic acids is 1. The van der Waals surface area contributed by atoms with Crippen LogP contribution in [-0.4, -0.2) is 34.5 Å². The standard InChI is InChI=1S/C19H23NO3/c21-18(10-15-3-1-2-4-17(15)19(22)23)20-11-14-6-12-5-13(7-14)9-16(20)8-12/h1-4,12-14,16H,5-11H2,(H,22,23). The lowest BCUT2D eigenvalue weighted by atomic mass is 9.68. The van der Waals surface area contributed by atoms with Gasteiger partial charge in [0.25, 0.3) is 0 Å². The van der Waals surface area contributed by atoms with Gasteiger partial charge in [-0.25, -0.2) is 4.79 Å². The number of benzene rings is 1. The number of nitrogens with zero attached hydrogens (tertiary/aromatic N) is 1. The van der Waals surface area contributed by atoms with E-state index in [1.54, 1.807) is 18.2 Å². The molecule has 2 saturated heterocycles. The van der Waals surface area contributed by atoms with Crippen LogP contribution < -0.4 is 0 Å². The lowest BCUT2D eigenvalue weighted by Gasteiger charge is -2.39. The number of carboxylic acid groups (broad SMARTS) is 1. The molecule has 1 amide bonds. The number of aromatic carboxylic acids is 1. The second kappa shape index (κ2) is 5.66. The minimum Gasteiger partial charge on any atom is -0.478 e. The molecule has 2 atom stereocenters. The first-order chi connectivity index (χ1) is 11.1. The van der Waals surface area contributed by atoms with Crippen LogP contribution in [0.5, 0.6) is 0 Å². The van der Waals surface area contributed by atoms with Gasteiger partial charge in [-0.1, -0.05) is 18.2 Å². The van der Waals surface area contributed by atoms with Crippen LogP contribution in [0, 0.1) is 17.8 Å². The van der Waals surface area contributed by atoms with E-state index in [1.165, 1.54) is 19.3 Å². The van der Waals surface area contributed by atoms with Gasteiger partial charge in [-0.05, 0) is 61.5 Å². The van der Waals surface area contributed by atoms with E-state index in [2.05, 4.69) is 4.90 Å². The smallest absolute Gasteiger partial charge is 0.335 e. The fourth-order valence-electron chi connectivity index (χ4n) is 5.24. The summed E-state index contributed by atoms with van der Waals surface area (Å²) in [6, 6.07) is 7.26. The molecular weight excluding hydrogens is 290 g/mol. The largest absolute Gasteiger partial charge is 0.478 e.